The molecule has 4 rings (SSSR count). The zero-order valence-electron chi connectivity index (χ0n) is 14.9. The number of hydrogen-bond donors (Lipinski definition) is 1. The van der Waals surface area contributed by atoms with E-state index < -0.39 is 12.0 Å². The van der Waals surface area contributed by atoms with Gasteiger partial charge in [0.15, 0.2) is 0 Å². The number of likely N-dealkylation sites (tertiary alicyclic amines) is 2. The first kappa shape index (κ1) is 17.5. The van der Waals surface area contributed by atoms with Crippen LogP contribution in [-0.2, 0) is 16.1 Å². The minimum Gasteiger partial charge on any atom is -0.480 e. The lowest BCUT2D eigenvalue weighted by Gasteiger charge is -2.39. The number of carboxylic acids is 1. The van der Waals surface area contributed by atoms with Crippen molar-refractivity contribution in [1.82, 2.24) is 9.80 Å². The van der Waals surface area contributed by atoms with E-state index in [4.69, 9.17) is 0 Å². The fourth-order valence-electron chi connectivity index (χ4n) is 4.51. The molecule has 1 spiro atoms. The van der Waals surface area contributed by atoms with Crippen LogP contribution in [0.4, 0.5) is 4.39 Å². The molecule has 2 heterocycles. The third-order valence-corrected chi connectivity index (χ3v) is 6.21. The molecule has 26 heavy (non-hydrogen) atoms. The third kappa shape index (κ3) is 3.47. The summed E-state index contributed by atoms with van der Waals surface area (Å²) in [6, 6.07) is 6.00. The van der Waals surface area contributed by atoms with Crippen molar-refractivity contribution in [1.29, 1.82) is 0 Å². The average Bonchev–Trinajstić information content (AvgIpc) is 3.39. The standard InChI is InChI=1S/C20H25FN2O3/c21-16-3-1-2-14(10-16)12-22-8-6-20(7-9-22)11-17(19(25)26)23(13-20)18(24)15-4-5-15/h1-3,10,15,17H,4-9,11-13H2,(H,25,26). The summed E-state index contributed by atoms with van der Waals surface area (Å²) in [5.41, 5.74) is 0.882. The van der Waals surface area contributed by atoms with E-state index in [9.17, 15) is 19.1 Å². The lowest BCUT2D eigenvalue weighted by molar-refractivity contribution is -0.148. The summed E-state index contributed by atoms with van der Waals surface area (Å²) >= 11 is 0. The lowest BCUT2D eigenvalue weighted by Crippen LogP contribution is -2.43. The highest BCUT2D eigenvalue weighted by Gasteiger charge is 2.51. The van der Waals surface area contributed by atoms with Gasteiger partial charge in [-0.2, -0.15) is 0 Å². The Balaban J connectivity index is 1.39. The largest absolute Gasteiger partial charge is 0.480 e. The van der Waals surface area contributed by atoms with E-state index in [0.717, 1.165) is 44.3 Å². The molecule has 2 saturated heterocycles. The first-order chi connectivity index (χ1) is 12.5. The van der Waals surface area contributed by atoms with Gasteiger partial charge in [-0.3, -0.25) is 9.69 Å². The fourth-order valence-corrected chi connectivity index (χ4v) is 4.51. The van der Waals surface area contributed by atoms with Gasteiger partial charge in [0.05, 0.1) is 0 Å². The van der Waals surface area contributed by atoms with Gasteiger partial charge in [0.25, 0.3) is 0 Å². The molecule has 5 nitrogen and oxygen atoms in total. The number of halogens is 1. The van der Waals surface area contributed by atoms with E-state index in [1.807, 2.05) is 6.07 Å². The molecule has 1 aliphatic carbocycles. The third-order valence-electron chi connectivity index (χ3n) is 6.21. The van der Waals surface area contributed by atoms with E-state index in [1.165, 1.54) is 6.07 Å². The van der Waals surface area contributed by atoms with E-state index >= 15 is 0 Å². The summed E-state index contributed by atoms with van der Waals surface area (Å²) in [5.74, 6) is -1.00. The summed E-state index contributed by atoms with van der Waals surface area (Å²) in [5, 5.41) is 9.58. The summed E-state index contributed by atoms with van der Waals surface area (Å²) in [6.45, 7) is 3.00. The maximum atomic E-state index is 13.4. The normalized spacial score (nSPS) is 25.6. The van der Waals surface area contributed by atoms with Crippen molar-refractivity contribution in [2.45, 2.75) is 44.7 Å². The van der Waals surface area contributed by atoms with Gasteiger partial charge in [-0.05, 0) is 68.3 Å². The Bertz CT molecular complexity index is 711. The first-order valence-corrected chi connectivity index (χ1v) is 9.46. The van der Waals surface area contributed by atoms with Crippen LogP contribution < -0.4 is 0 Å². The number of amides is 1. The number of aliphatic carboxylic acids is 1. The Morgan fingerprint density at radius 1 is 1.23 bits per heavy atom. The molecule has 1 aromatic rings. The van der Waals surface area contributed by atoms with Crippen LogP contribution in [0.1, 0.15) is 37.7 Å². The lowest BCUT2D eigenvalue weighted by atomic mass is 9.76. The van der Waals surface area contributed by atoms with Gasteiger partial charge in [-0.1, -0.05) is 12.1 Å². The number of piperidine rings is 1. The van der Waals surface area contributed by atoms with Crippen molar-refractivity contribution >= 4 is 11.9 Å². The molecule has 3 aliphatic rings. The van der Waals surface area contributed by atoms with Crippen LogP contribution >= 0.6 is 0 Å². The smallest absolute Gasteiger partial charge is 0.326 e. The molecular formula is C20H25FN2O3. The van der Waals surface area contributed by atoms with Crippen LogP contribution in [0.15, 0.2) is 24.3 Å². The maximum Gasteiger partial charge on any atom is 0.326 e. The SMILES string of the molecule is O=C(O)C1CC2(CCN(Cc3cccc(F)c3)CC2)CN1C(=O)C1CC1. The van der Waals surface area contributed by atoms with E-state index in [-0.39, 0.29) is 23.1 Å². The zero-order chi connectivity index (χ0) is 18.3. The highest BCUT2D eigenvalue weighted by atomic mass is 19.1. The number of hydrogen-bond acceptors (Lipinski definition) is 3. The van der Waals surface area contributed by atoms with Gasteiger partial charge in [0, 0.05) is 19.0 Å². The highest BCUT2D eigenvalue weighted by molar-refractivity contribution is 5.87. The van der Waals surface area contributed by atoms with Crippen molar-refractivity contribution in [3.05, 3.63) is 35.6 Å². The second-order valence-electron chi connectivity index (χ2n) is 8.20. The summed E-state index contributed by atoms with van der Waals surface area (Å²) in [7, 11) is 0. The highest BCUT2D eigenvalue weighted by Crippen LogP contribution is 2.45. The predicted octanol–water partition coefficient (Wildman–Crippen LogP) is 2.50. The van der Waals surface area contributed by atoms with Gasteiger partial charge in [-0.25, -0.2) is 9.18 Å². The van der Waals surface area contributed by atoms with Gasteiger partial charge in [-0.15, -0.1) is 0 Å². The van der Waals surface area contributed by atoms with Gasteiger partial charge < -0.3 is 10.0 Å². The number of carbonyl (C=O) groups excluding carboxylic acids is 1. The maximum absolute atomic E-state index is 13.4. The van der Waals surface area contributed by atoms with Crippen molar-refractivity contribution in [2.24, 2.45) is 11.3 Å². The zero-order valence-corrected chi connectivity index (χ0v) is 14.9. The molecule has 1 unspecified atom stereocenters. The Kier molecular flexibility index (Phi) is 4.47. The van der Waals surface area contributed by atoms with E-state index in [1.54, 1.807) is 17.0 Å². The predicted molar refractivity (Wildman–Crippen MR) is 93.8 cm³/mol. The average molecular weight is 360 g/mol. The van der Waals surface area contributed by atoms with Crippen molar-refractivity contribution in [3.8, 4) is 0 Å². The minimum absolute atomic E-state index is 0.0384. The molecule has 0 bridgehead atoms. The number of carbonyl (C=O) groups is 2. The molecule has 3 fully saturated rings. The molecule has 1 saturated carbocycles. The molecule has 1 N–H and O–H groups in total. The van der Waals surface area contributed by atoms with Crippen LogP contribution in [-0.4, -0.2) is 52.5 Å². The Hall–Kier alpha value is -1.95. The molecule has 1 atom stereocenters. The number of carboxylic acid groups (broad SMARTS) is 1. The first-order valence-electron chi connectivity index (χ1n) is 9.46. The summed E-state index contributed by atoms with van der Waals surface area (Å²) in [4.78, 5) is 28.1. The van der Waals surface area contributed by atoms with Crippen molar-refractivity contribution in [2.75, 3.05) is 19.6 Å². The Morgan fingerprint density at radius 2 is 1.96 bits per heavy atom. The fraction of sp³-hybridized carbons (Fsp3) is 0.600. The summed E-state index contributed by atoms with van der Waals surface area (Å²) < 4.78 is 13.4. The molecule has 1 aromatic carbocycles. The van der Waals surface area contributed by atoms with Crippen LogP contribution in [0.3, 0.4) is 0 Å². The number of rotatable bonds is 4. The van der Waals surface area contributed by atoms with Crippen molar-refractivity contribution < 1.29 is 19.1 Å². The molecular weight excluding hydrogens is 335 g/mol. The second-order valence-corrected chi connectivity index (χ2v) is 8.20. The van der Waals surface area contributed by atoms with Gasteiger partial charge in [0.2, 0.25) is 5.91 Å². The second kappa shape index (κ2) is 6.65. The van der Waals surface area contributed by atoms with Gasteiger partial charge in [0.1, 0.15) is 11.9 Å². The van der Waals surface area contributed by atoms with E-state index in [0.29, 0.717) is 19.5 Å². The topological polar surface area (TPSA) is 60.9 Å². The Morgan fingerprint density at radius 3 is 2.58 bits per heavy atom. The molecule has 2 aliphatic heterocycles. The minimum atomic E-state index is -0.877. The van der Waals surface area contributed by atoms with Crippen LogP contribution in [0.25, 0.3) is 0 Å². The number of benzene rings is 1. The monoisotopic (exact) mass is 360 g/mol. The van der Waals surface area contributed by atoms with Crippen LogP contribution in [0, 0.1) is 17.2 Å². The molecule has 0 radical (unpaired) electrons. The summed E-state index contributed by atoms with van der Waals surface area (Å²) in [6.07, 6.45) is 4.14. The van der Waals surface area contributed by atoms with Crippen LogP contribution in [0.2, 0.25) is 0 Å². The Labute approximate surface area is 152 Å². The molecule has 1 amide bonds. The molecule has 6 heteroatoms. The van der Waals surface area contributed by atoms with Crippen LogP contribution in [0.5, 0.6) is 0 Å². The van der Waals surface area contributed by atoms with Gasteiger partial charge >= 0.3 is 5.97 Å². The van der Waals surface area contributed by atoms with E-state index in [2.05, 4.69) is 4.90 Å². The molecule has 0 aromatic heterocycles. The quantitative estimate of drug-likeness (QED) is 0.896. The van der Waals surface area contributed by atoms with Crippen molar-refractivity contribution in [3.63, 3.8) is 0 Å². The molecule has 140 valence electrons. The number of nitrogens with zero attached hydrogens (tertiary/aromatic N) is 2.